The third-order valence-electron chi connectivity index (χ3n) is 3.82. The van der Waals surface area contributed by atoms with Gasteiger partial charge in [-0.3, -0.25) is 14.9 Å². The van der Waals surface area contributed by atoms with Crippen molar-refractivity contribution in [2.75, 3.05) is 19.3 Å². The van der Waals surface area contributed by atoms with Crippen LogP contribution in [0, 0.1) is 10.1 Å². The predicted octanol–water partition coefficient (Wildman–Crippen LogP) is 1.15. The second kappa shape index (κ2) is 7.54. The maximum Gasteiger partial charge on any atom is 0.276 e. The smallest absolute Gasteiger partial charge is 0.276 e. The van der Waals surface area contributed by atoms with Crippen LogP contribution in [0.4, 0.5) is 5.69 Å². The van der Waals surface area contributed by atoms with E-state index in [4.69, 9.17) is 0 Å². The highest BCUT2D eigenvalue weighted by Crippen LogP contribution is 2.19. The Labute approximate surface area is 140 Å². The molecule has 1 aliphatic heterocycles. The molecule has 1 N–H and O–H groups in total. The summed E-state index contributed by atoms with van der Waals surface area (Å²) in [5.74, 6) is -0.356. The first-order valence-electron chi connectivity index (χ1n) is 7.44. The standard InChI is InChI=1S/C15H19N3O5S/c1-24(22,23)17-10-8-13(9-11-17)16-15(19)7-6-12-4-2-3-5-14(12)18(20)21/h2-7,13H,8-11H2,1H3,(H,16,19)/b7-6+. The molecule has 130 valence electrons. The zero-order valence-corrected chi connectivity index (χ0v) is 14.0. The highest BCUT2D eigenvalue weighted by molar-refractivity contribution is 7.88. The number of piperidine rings is 1. The van der Waals surface area contributed by atoms with Gasteiger partial charge in [-0.15, -0.1) is 0 Å². The molecule has 1 aromatic carbocycles. The number of para-hydroxylation sites is 1. The monoisotopic (exact) mass is 353 g/mol. The van der Waals surface area contributed by atoms with Crippen molar-refractivity contribution in [1.29, 1.82) is 0 Å². The zero-order chi connectivity index (χ0) is 17.7. The van der Waals surface area contributed by atoms with E-state index >= 15 is 0 Å². The van der Waals surface area contributed by atoms with Gasteiger partial charge in [0.1, 0.15) is 0 Å². The maximum atomic E-state index is 11.9. The maximum absolute atomic E-state index is 11.9. The minimum atomic E-state index is -3.19. The summed E-state index contributed by atoms with van der Waals surface area (Å²) in [6.45, 7) is 0.745. The van der Waals surface area contributed by atoms with E-state index < -0.39 is 14.9 Å². The third-order valence-corrected chi connectivity index (χ3v) is 5.12. The highest BCUT2D eigenvalue weighted by Gasteiger charge is 2.25. The van der Waals surface area contributed by atoms with Gasteiger partial charge in [0.2, 0.25) is 15.9 Å². The molecule has 1 saturated heterocycles. The van der Waals surface area contributed by atoms with Crippen LogP contribution in [0.2, 0.25) is 0 Å². The normalized spacial score (nSPS) is 17.0. The van der Waals surface area contributed by atoms with E-state index in [1.54, 1.807) is 18.2 Å². The number of carbonyl (C=O) groups is 1. The fraction of sp³-hybridized carbons (Fsp3) is 0.400. The summed E-state index contributed by atoms with van der Waals surface area (Å²) in [5, 5.41) is 13.7. The number of amides is 1. The van der Waals surface area contributed by atoms with Gasteiger partial charge in [0.15, 0.2) is 0 Å². The van der Waals surface area contributed by atoms with E-state index in [0.29, 0.717) is 31.5 Å². The van der Waals surface area contributed by atoms with Crippen molar-refractivity contribution >= 4 is 27.7 Å². The average molecular weight is 353 g/mol. The second-order valence-corrected chi connectivity index (χ2v) is 7.58. The van der Waals surface area contributed by atoms with Crippen molar-refractivity contribution in [3.63, 3.8) is 0 Å². The molecule has 2 rings (SSSR count). The van der Waals surface area contributed by atoms with Crippen molar-refractivity contribution in [3.8, 4) is 0 Å². The SMILES string of the molecule is CS(=O)(=O)N1CCC(NC(=O)/C=C/c2ccccc2[N+](=O)[O-])CC1. The first kappa shape index (κ1) is 18.1. The van der Waals surface area contributed by atoms with E-state index in [2.05, 4.69) is 5.32 Å². The molecule has 0 aliphatic carbocycles. The first-order valence-corrected chi connectivity index (χ1v) is 9.29. The van der Waals surface area contributed by atoms with Gasteiger partial charge in [-0.05, 0) is 25.0 Å². The minimum Gasteiger partial charge on any atom is -0.350 e. The van der Waals surface area contributed by atoms with Crippen molar-refractivity contribution in [3.05, 3.63) is 46.0 Å². The Bertz CT molecular complexity index is 752. The molecular weight excluding hydrogens is 334 g/mol. The second-order valence-electron chi connectivity index (χ2n) is 5.59. The Morgan fingerprint density at radius 3 is 2.54 bits per heavy atom. The molecule has 1 fully saturated rings. The Kier molecular flexibility index (Phi) is 5.68. The van der Waals surface area contributed by atoms with E-state index in [0.717, 1.165) is 0 Å². The zero-order valence-electron chi connectivity index (χ0n) is 13.2. The summed E-state index contributed by atoms with van der Waals surface area (Å²) in [6.07, 6.45) is 4.90. The predicted molar refractivity (Wildman–Crippen MR) is 89.7 cm³/mol. The lowest BCUT2D eigenvalue weighted by molar-refractivity contribution is -0.385. The van der Waals surface area contributed by atoms with E-state index in [-0.39, 0.29) is 17.6 Å². The van der Waals surface area contributed by atoms with Crippen LogP contribution in [0.1, 0.15) is 18.4 Å². The van der Waals surface area contributed by atoms with Gasteiger partial charge in [0.25, 0.3) is 5.69 Å². The number of nitro benzene ring substituents is 1. The summed E-state index contributed by atoms with van der Waals surface area (Å²) in [6, 6.07) is 6.05. The van der Waals surface area contributed by atoms with E-state index in [9.17, 15) is 23.3 Å². The van der Waals surface area contributed by atoms with Crippen molar-refractivity contribution in [2.24, 2.45) is 0 Å². The summed E-state index contributed by atoms with van der Waals surface area (Å²) in [4.78, 5) is 22.4. The third kappa shape index (κ3) is 4.87. The number of hydrogen-bond donors (Lipinski definition) is 1. The fourth-order valence-corrected chi connectivity index (χ4v) is 3.42. The average Bonchev–Trinajstić information content (AvgIpc) is 2.53. The van der Waals surface area contributed by atoms with E-state index in [1.165, 1.54) is 28.8 Å². The molecule has 0 atom stereocenters. The number of nitro groups is 1. The number of rotatable bonds is 5. The van der Waals surface area contributed by atoms with E-state index in [1.807, 2.05) is 0 Å². The molecule has 0 unspecified atom stereocenters. The molecule has 9 heteroatoms. The van der Waals surface area contributed by atoms with Crippen molar-refractivity contribution in [1.82, 2.24) is 9.62 Å². The highest BCUT2D eigenvalue weighted by atomic mass is 32.2. The molecule has 8 nitrogen and oxygen atoms in total. The molecule has 1 aromatic rings. The van der Waals surface area contributed by atoms with Gasteiger partial charge < -0.3 is 5.32 Å². The van der Waals surface area contributed by atoms with Gasteiger partial charge in [0, 0.05) is 31.3 Å². The minimum absolute atomic E-state index is 0.0667. The topological polar surface area (TPSA) is 110 Å². The van der Waals surface area contributed by atoms with Crippen LogP contribution < -0.4 is 5.32 Å². The van der Waals surface area contributed by atoms with Crippen LogP contribution >= 0.6 is 0 Å². The summed E-state index contributed by atoms with van der Waals surface area (Å²) < 4.78 is 24.3. The number of carbonyl (C=O) groups excluding carboxylic acids is 1. The molecule has 0 saturated carbocycles. The number of benzene rings is 1. The molecule has 24 heavy (non-hydrogen) atoms. The summed E-state index contributed by atoms with van der Waals surface area (Å²) in [5.41, 5.74) is 0.285. The van der Waals surface area contributed by atoms with Crippen LogP contribution in [0.15, 0.2) is 30.3 Å². The lowest BCUT2D eigenvalue weighted by Crippen LogP contribution is -2.45. The Hall–Kier alpha value is -2.26. The van der Waals surface area contributed by atoms with Gasteiger partial charge in [0.05, 0.1) is 16.7 Å². The van der Waals surface area contributed by atoms with Gasteiger partial charge in [-0.2, -0.15) is 0 Å². The van der Waals surface area contributed by atoms with Crippen LogP contribution in [0.3, 0.4) is 0 Å². The van der Waals surface area contributed by atoms with Gasteiger partial charge in [-0.1, -0.05) is 12.1 Å². The van der Waals surface area contributed by atoms with Gasteiger partial charge in [-0.25, -0.2) is 12.7 Å². The number of hydrogen-bond acceptors (Lipinski definition) is 5. The lowest BCUT2D eigenvalue weighted by Gasteiger charge is -2.30. The quantitative estimate of drug-likeness (QED) is 0.485. The number of nitrogens with zero attached hydrogens (tertiary/aromatic N) is 2. The van der Waals surface area contributed by atoms with Crippen LogP contribution in [0.5, 0.6) is 0 Å². The van der Waals surface area contributed by atoms with Crippen molar-refractivity contribution < 1.29 is 18.1 Å². The Morgan fingerprint density at radius 1 is 1.33 bits per heavy atom. The fourth-order valence-electron chi connectivity index (χ4n) is 2.54. The number of sulfonamides is 1. The van der Waals surface area contributed by atoms with Gasteiger partial charge >= 0.3 is 0 Å². The Balaban J connectivity index is 1.92. The van der Waals surface area contributed by atoms with Crippen LogP contribution in [0.25, 0.3) is 6.08 Å². The molecule has 1 heterocycles. The first-order chi connectivity index (χ1) is 11.3. The molecule has 0 radical (unpaired) electrons. The molecule has 0 aromatic heterocycles. The number of nitrogens with one attached hydrogen (secondary N) is 1. The molecule has 1 aliphatic rings. The summed E-state index contributed by atoms with van der Waals surface area (Å²) >= 11 is 0. The molecule has 0 bridgehead atoms. The molecule has 0 spiro atoms. The molecular formula is C15H19N3O5S. The van der Waals surface area contributed by atoms with Crippen LogP contribution in [-0.2, 0) is 14.8 Å². The van der Waals surface area contributed by atoms with Crippen LogP contribution in [-0.4, -0.2) is 48.9 Å². The lowest BCUT2D eigenvalue weighted by atomic mass is 10.1. The molecule has 1 amide bonds. The largest absolute Gasteiger partial charge is 0.350 e. The Morgan fingerprint density at radius 2 is 1.96 bits per heavy atom. The van der Waals surface area contributed by atoms with Crippen molar-refractivity contribution in [2.45, 2.75) is 18.9 Å². The summed E-state index contributed by atoms with van der Waals surface area (Å²) in [7, 11) is -3.19.